The topological polar surface area (TPSA) is 61.8 Å². The fraction of sp³-hybridized carbons (Fsp3) is 0.778. The standard InChI is InChI=1S/C18H31N5OS2.HI/c1-4-19-17(20-11-16-22-14(2)15(3)26-16)21-12-18(5-10-25-13-18)23-6-8-24-9-7-23;/h4-13H2,1-3H3,(H2,19,20,21);1H. The van der Waals surface area contributed by atoms with E-state index in [9.17, 15) is 0 Å². The Bertz CT molecular complexity index is 593. The van der Waals surface area contributed by atoms with Gasteiger partial charge in [-0.3, -0.25) is 4.90 Å². The Kier molecular flexibility index (Phi) is 9.60. The van der Waals surface area contributed by atoms with Gasteiger partial charge in [0.05, 0.1) is 25.5 Å². The zero-order chi connectivity index (χ0) is 18.4. The van der Waals surface area contributed by atoms with Crippen LogP contribution in [0.1, 0.15) is 28.9 Å². The molecule has 2 N–H and O–H groups in total. The van der Waals surface area contributed by atoms with Crippen molar-refractivity contribution in [2.75, 3.05) is 50.9 Å². The van der Waals surface area contributed by atoms with Crippen molar-refractivity contribution in [3.63, 3.8) is 0 Å². The number of nitrogens with zero attached hydrogens (tertiary/aromatic N) is 3. The van der Waals surface area contributed by atoms with Crippen molar-refractivity contribution < 1.29 is 4.74 Å². The van der Waals surface area contributed by atoms with Crippen molar-refractivity contribution >= 4 is 53.0 Å². The van der Waals surface area contributed by atoms with Gasteiger partial charge in [0.1, 0.15) is 5.01 Å². The van der Waals surface area contributed by atoms with E-state index in [0.29, 0.717) is 6.54 Å². The first-order valence-electron chi connectivity index (χ1n) is 9.48. The van der Waals surface area contributed by atoms with Crippen LogP contribution in [0.15, 0.2) is 4.99 Å². The molecule has 9 heteroatoms. The lowest BCUT2D eigenvalue weighted by Gasteiger charge is -2.43. The second-order valence-electron chi connectivity index (χ2n) is 6.92. The number of hydrogen-bond acceptors (Lipinski definition) is 6. The average Bonchev–Trinajstić information content (AvgIpc) is 3.26. The summed E-state index contributed by atoms with van der Waals surface area (Å²) in [7, 11) is 0. The SMILES string of the molecule is CCNC(=NCc1nc(C)c(C)s1)NCC1(N2CCOCC2)CCSC1.I. The van der Waals surface area contributed by atoms with E-state index in [0.717, 1.165) is 56.1 Å². The van der Waals surface area contributed by atoms with Gasteiger partial charge in [0, 0.05) is 42.3 Å². The van der Waals surface area contributed by atoms with E-state index in [2.05, 4.69) is 53.1 Å². The lowest BCUT2D eigenvalue weighted by molar-refractivity contribution is -0.0120. The van der Waals surface area contributed by atoms with E-state index in [1.807, 2.05) is 0 Å². The van der Waals surface area contributed by atoms with Crippen molar-refractivity contribution in [3.05, 3.63) is 15.6 Å². The predicted octanol–water partition coefficient (Wildman–Crippen LogP) is 2.64. The van der Waals surface area contributed by atoms with E-state index in [1.165, 1.54) is 22.8 Å². The molecule has 3 heterocycles. The molecule has 1 aromatic heterocycles. The molecule has 154 valence electrons. The maximum atomic E-state index is 5.56. The van der Waals surface area contributed by atoms with Crippen LogP contribution in [0.2, 0.25) is 0 Å². The number of hydrogen-bond donors (Lipinski definition) is 2. The maximum Gasteiger partial charge on any atom is 0.191 e. The van der Waals surface area contributed by atoms with Gasteiger partial charge in [-0.25, -0.2) is 9.98 Å². The predicted molar refractivity (Wildman–Crippen MR) is 127 cm³/mol. The van der Waals surface area contributed by atoms with Crippen molar-refractivity contribution in [1.29, 1.82) is 0 Å². The molecule has 2 aliphatic heterocycles. The summed E-state index contributed by atoms with van der Waals surface area (Å²) >= 11 is 3.80. The summed E-state index contributed by atoms with van der Waals surface area (Å²) in [5.74, 6) is 3.32. The molecule has 27 heavy (non-hydrogen) atoms. The fourth-order valence-electron chi connectivity index (χ4n) is 3.48. The molecule has 1 unspecified atom stereocenters. The second kappa shape index (κ2) is 11.2. The summed E-state index contributed by atoms with van der Waals surface area (Å²) in [5, 5.41) is 8.08. The number of aliphatic imine (C=N–C) groups is 1. The summed E-state index contributed by atoms with van der Waals surface area (Å²) in [6, 6.07) is 0. The first kappa shape index (κ1) is 23.2. The Balaban J connectivity index is 0.00000261. The number of ether oxygens (including phenoxy) is 1. The monoisotopic (exact) mass is 525 g/mol. The zero-order valence-corrected chi connectivity index (χ0v) is 20.5. The third-order valence-electron chi connectivity index (χ3n) is 5.14. The smallest absolute Gasteiger partial charge is 0.191 e. The second-order valence-corrected chi connectivity index (χ2v) is 9.32. The van der Waals surface area contributed by atoms with Crippen LogP contribution < -0.4 is 10.6 Å². The highest BCUT2D eigenvalue weighted by Crippen LogP contribution is 2.33. The lowest BCUT2D eigenvalue weighted by atomic mass is 9.95. The third-order valence-corrected chi connectivity index (χ3v) is 7.43. The van der Waals surface area contributed by atoms with E-state index in [-0.39, 0.29) is 29.5 Å². The molecule has 0 spiro atoms. The number of nitrogens with one attached hydrogen (secondary N) is 2. The van der Waals surface area contributed by atoms with Gasteiger partial charge in [0.2, 0.25) is 0 Å². The molecule has 3 rings (SSSR count). The minimum Gasteiger partial charge on any atom is -0.379 e. The summed E-state index contributed by atoms with van der Waals surface area (Å²) in [6.45, 7) is 12.5. The molecular formula is C18H32IN5OS2. The van der Waals surface area contributed by atoms with Gasteiger partial charge < -0.3 is 15.4 Å². The molecule has 0 bridgehead atoms. The molecule has 1 atom stereocenters. The van der Waals surface area contributed by atoms with Gasteiger partial charge in [-0.1, -0.05) is 0 Å². The number of rotatable bonds is 6. The zero-order valence-electron chi connectivity index (χ0n) is 16.5. The molecule has 1 aromatic rings. The molecule has 2 fully saturated rings. The van der Waals surface area contributed by atoms with E-state index in [1.54, 1.807) is 11.3 Å². The Hall–Kier alpha value is -0.100. The van der Waals surface area contributed by atoms with Crippen molar-refractivity contribution in [1.82, 2.24) is 20.5 Å². The van der Waals surface area contributed by atoms with Crippen LogP contribution in [0.3, 0.4) is 0 Å². The number of aryl methyl sites for hydroxylation is 2. The highest BCUT2D eigenvalue weighted by Gasteiger charge is 2.40. The minimum atomic E-state index is 0. The van der Waals surface area contributed by atoms with E-state index < -0.39 is 0 Å². The largest absolute Gasteiger partial charge is 0.379 e. The normalized spacial score (nSPS) is 23.9. The fourth-order valence-corrected chi connectivity index (χ4v) is 5.81. The number of morpholine rings is 1. The first-order chi connectivity index (χ1) is 12.6. The van der Waals surface area contributed by atoms with Gasteiger partial charge in [-0.2, -0.15) is 11.8 Å². The molecule has 0 amide bonds. The summed E-state index contributed by atoms with van der Waals surface area (Å²) < 4.78 is 5.56. The molecule has 0 aliphatic carbocycles. The number of thiazole rings is 1. The Labute approximate surface area is 188 Å². The van der Waals surface area contributed by atoms with Crippen LogP contribution in [-0.2, 0) is 11.3 Å². The molecule has 0 saturated carbocycles. The van der Waals surface area contributed by atoms with Crippen LogP contribution in [0.4, 0.5) is 0 Å². The summed E-state index contributed by atoms with van der Waals surface area (Å²) in [4.78, 5) is 13.3. The number of guanidine groups is 1. The number of aromatic nitrogens is 1. The summed E-state index contributed by atoms with van der Waals surface area (Å²) in [5.41, 5.74) is 1.34. The van der Waals surface area contributed by atoms with Crippen molar-refractivity contribution in [3.8, 4) is 0 Å². The average molecular weight is 526 g/mol. The van der Waals surface area contributed by atoms with Gasteiger partial charge in [-0.15, -0.1) is 35.3 Å². The van der Waals surface area contributed by atoms with E-state index >= 15 is 0 Å². The molecule has 0 aromatic carbocycles. The highest BCUT2D eigenvalue weighted by atomic mass is 127. The molecule has 2 aliphatic rings. The maximum absolute atomic E-state index is 5.56. The summed E-state index contributed by atoms with van der Waals surface area (Å²) in [6.07, 6.45) is 1.23. The molecule has 6 nitrogen and oxygen atoms in total. The van der Waals surface area contributed by atoms with Crippen molar-refractivity contribution in [2.24, 2.45) is 4.99 Å². The van der Waals surface area contributed by atoms with Crippen LogP contribution >= 0.6 is 47.1 Å². The van der Waals surface area contributed by atoms with Crippen LogP contribution in [0.5, 0.6) is 0 Å². The molecule has 0 radical (unpaired) electrons. The number of halogens is 1. The van der Waals surface area contributed by atoms with Crippen LogP contribution in [0.25, 0.3) is 0 Å². The Morgan fingerprint density at radius 1 is 1.30 bits per heavy atom. The van der Waals surface area contributed by atoms with Crippen LogP contribution in [-0.4, -0.2) is 72.3 Å². The van der Waals surface area contributed by atoms with Gasteiger partial charge in [0.15, 0.2) is 5.96 Å². The molecule has 2 saturated heterocycles. The third kappa shape index (κ3) is 6.19. The van der Waals surface area contributed by atoms with Crippen LogP contribution in [0, 0.1) is 13.8 Å². The number of thioether (sulfide) groups is 1. The Morgan fingerprint density at radius 3 is 2.67 bits per heavy atom. The molecular weight excluding hydrogens is 493 g/mol. The highest BCUT2D eigenvalue weighted by molar-refractivity contribution is 14.0. The van der Waals surface area contributed by atoms with Gasteiger partial charge >= 0.3 is 0 Å². The Morgan fingerprint density at radius 2 is 2.07 bits per heavy atom. The van der Waals surface area contributed by atoms with Gasteiger partial charge in [0.25, 0.3) is 0 Å². The minimum absolute atomic E-state index is 0. The lowest BCUT2D eigenvalue weighted by Crippen LogP contribution is -2.60. The quantitative estimate of drug-likeness (QED) is 0.339. The first-order valence-corrected chi connectivity index (χ1v) is 11.5. The van der Waals surface area contributed by atoms with Crippen molar-refractivity contribution in [2.45, 2.75) is 39.3 Å². The van der Waals surface area contributed by atoms with E-state index in [4.69, 9.17) is 9.73 Å². The van der Waals surface area contributed by atoms with Gasteiger partial charge in [-0.05, 0) is 32.9 Å².